The molecule has 0 saturated carbocycles. The molecule has 1 aromatic heterocycles. The molecule has 3 amide bonds. The number of carboxylic acid groups (broad SMARTS) is 1. The van der Waals surface area contributed by atoms with Gasteiger partial charge >= 0.3 is 12.0 Å². The fourth-order valence-corrected chi connectivity index (χ4v) is 2.81. The van der Waals surface area contributed by atoms with Gasteiger partial charge in [-0.3, -0.25) is 14.9 Å². The van der Waals surface area contributed by atoms with Crippen LogP contribution < -0.4 is 5.32 Å². The highest BCUT2D eigenvalue weighted by Crippen LogP contribution is 2.21. The van der Waals surface area contributed by atoms with Crippen LogP contribution in [0, 0.1) is 0 Å². The minimum absolute atomic E-state index is 0.0359. The number of amides is 3. The third-order valence-electron chi connectivity index (χ3n) is 2.68. The Kier molecular flexibility index (Phi) is 7.38. The number of urea groups is 1. The number of unbranched alkanes of at least 4 members (excludes halogenated alkanes) is 1. The predicted molar refractivity (Wildman–Crippen MR) is 83.1 cm³/mol. The van der Waals surface area contributed by atoms with Crippen molar-refractivity contribution in [1.29, 1.82) is 0 Å². The molecular formula is C13H17BrN2O4S. The van der Waals surface area contributed by atoms with Crippen LogP contribution >= 0.6 is 27.3 Å². The molecule has 0 atom stereocenters. The standard InChI is InChI=1S/C13H17BrN2O4S/c1-16(7-9-6-10(14)21-8-9)13(20)15-11(17)4-2-3-5-12(18)19/h6,8H,2-5,7H2,1H3,(H,18,19)(H,15,17,20). The SMILES string of the molecule is CN(Cc1csc(Br)c1)C(=O)NC(=O)CCCCC(=O)O. The average Bonchev–Trinajstić information content (AvgIpc) is 2.79. The van der Waals surface area contributed by atoms with Crippen molar-refractivity contribution in [3.05, 3.63) is 20.8 Å². The van der Waals surface area contributed by atoms with Gasteiger partial charge in [0.1, 0.15) is 0 Å². The molecule has 8 heteroatoms. The minimum Gasteiger partial charge on any atom is -0.481 e. The zero-order chi connectivity index (χ0) is 15.8. The lowest BCUT2D eigenvalue weighted by Crippen LogP contribution is -2.40. The van der Waals surface area contributed by atoms with E-state index in [0.29, 0.717) is 19.4 Å². The molecule has 116 valence electrons. The van der Waals surface area contributed by atoms with Crippen molar-refractivity contribution in [1.82, 2.24) is 10.2 Å². The number of carboxylic acids is 1. The summed E-state index contributed by atoms with van der Waals surface area (Å²) in [5.41, 5.74) is 0.985. The van der Waals surface area contributed by atoms with E-state index in [4.69, 9.17) is 5.11 Å². The van der Waals surface area contributed by atoms with Crippen molar-refractivity contribution in [2.75, 3.05) is 7.05 Å². The van der Waals surface area contributed by atoms with Crippen molar-refractivity contribution in [2.24, 2.45) is 0 Å². The summed E-state index contributed by atoms with van der Waals surface area (Å²) in [7, 11) is 1.61. The van der Waals surface area contributed by atoms with Gasteiger partial charge in [0.2, 0.25) is 5.91 Å². The van der Waals surface area contributed by atoms with E-state index >= 15 is 0 Å². The molecule has 0 radical (unpaired) electrons. The molecule has 21 heavy (non-hydrogen) atoms. The minimum atomic E-state index is -0.881. The van der Waals surface area contributed by atoms with Gasteiger partial charge in [0, 0.05) is 26.4 Å². The summed E-state index contributed by atoms with van der Waals surface area (Å²) in [4.78, 5) is 35.1. The number of aliphatic carboxylic acids is 1. The van der Waals surface area contributed by atoms with Gasteiger partial charge in [0.25, 0.3) is 0 Å². The molecule has 2 N–H and O–H groups in total. The Balaban J connectivity index is 2.28. The van der Waals surface area contributed by atoms with Gasteiger partial charge < -0.3 is 10.0 Å². The number of carbonyl (C=O) groups is 3. The second kappa shape index (κ2) is 8.78. The summed E-state index contributed by atoms with van der Waals surface area (Å²) in [5.74, 6) is -1.27. The number of imide groups is 1. The van der Waals surface area contributed by atoms with E-state index in [1.807, 2.05) is 11.4 Å². The first-order chi connectivity index (χ1) is 9.88. The zero-order valence-corrected chi connectivity index (χ0v) is 14.0. The molecule has 0 aromatic carbocycles. The number of halogens is 1. The van der Waals surface area contributed by atoms with Crippen molar-refractivity contribution in [3.63, 3.8) is 0 Å². The molecule has 0 fully saturated rings. The quantitative estimate of drug-likeness (QED) is 0.716. The Morgan fingerprint density at radius 3 is 2.57 bits per heavy atom. The first-order valence-corrected chi connectivity index (χ1v) is 8.05. The van der Waals surface area contributed by atoms with Gasteiger partial charge in [-0.25, -0.2) is 4.79 Å². The molecule has 0 bridgehead atoms. The van der Waals surface area contributed by atoms with Crippen LogP contribution in [0.2, 0.25) is 0 Å². The highest BCUT2D eigenvalue weighted by atomic mass is 79.9. The normalized spacial score (nSPS) is 10.2. The van der Waals surface area contributed by atoms with E-state index in [9.17, 15) is 14.4 Å². The van der Waals surface area contributed by atoms with Gasteiger partial charge in [-0.2, -0.15) is 0 Å². The summed E-state index contributed by atoms with van der Waals surface area (Å²) < 4.78 is 0.987. The third-order valence-corrected chi connectivity index (χ3v) is 4.23. The number of hydrogen-bond donors (Lipinski definition) is 2. The fourth-order valence-electron chi connectivity index (χ4n) is 1.61. The van der Waals surface area contributed by atoms with Crippen LogP contribution in [0.15, 0.2) is 15.2 Å². The largest absolute Gasteiger partial charge is 0.481 e. The lowest BCUT2D eigenvalue weighted by atomic mass is 10.2. The molecule has 1 rings (SSSR count). The van der Waals surface area contributed by atoms with E-state index in [-0.39, 0.29) is 18.7 Å². The third kappa shape index (κ3) is 7.24. The fraction of sp³-hybridized carbons (Fsp3) is 0.462. The van der Waals surface area contributed by atoms with Gasteiger partial charge in [0.15, 0.2) is 0 Å². The summed E-state index contributed by atoms with van der Waals surface area (Å²) in [6, 6.07) is 1.46. The Morgan fingerprint density at radius 1 is 1.33 bits per heavy atom. The molecule has 0 aliphatic rings. The number of nitrogens with one attached hydrogen (secondary N) is 1. The van der Waals surface area contributed by atoms with E-state index in [1.54, 1.807) is 7.05 Å². The van der Waals surface area contributed by atoms with Gasteiger partial charge in [-0.15, -0.1) is 11.3 Å². The number of hydrogen-bond acceptors (Lipinski definition) is 4. The number of thiophene rings is 1. The molecular weight excluding hydrogens is 360 g/mol. The Morgan fingerprint density at radius 2 is 2.00 bits per heavy atom. The second-order valence-corrected chi connectivity index (χ2v) is 6.86. The first kappa shape index (κ1) is 17.6. The van der Waals surface area contributed by atoms with Crippen molar-refractivity contribution in [2.45, 2.75) is 32.2 Å². The van der Waals surface area contributed by atoms with Crippen LogP contribution in [0.25, 0.3) is 0 Å². The number of carbonyl (C=O) groups excluding carboxylic acids is 2. The number of nitrogens with zero attached hydrogens (tertiary/aromatic N) is 1. The van der Waals surface area contributed by atoms with Crippen LogP contribution in [0.3, 0.4) is 0 Å². The van der Waals surface area contributed by atoms with Crippen molar-refractivity contribution < 1.29 is 19.5 Å². The molecule has 0 aliphatic carbocycles. The maximum atomic E-state index is 11.8. The molecule has 6 nitrogen and oxygen atoms in total. The Bertz CT molecular complexity index is 518. The number of rotatable bonds is 7. The van der Waals surface area contributed by atoms with E-state index in [1.165, 1.54) is 16.2 Å². The van der Waals surface area contributed by atoms with Crippen molar-refractivity contribution >= 4 is 45.2 Å². The summed E-state index contributed by atoms with van der Waals surface area (Å²) in [5, 5.41) is 12.7. The maximum absolute atomic E-state index is 11.8. The highest BCUT2D eigenvalue weighted by Gasteiger charge is 2.13. The lowest BCUT2D eigenvalue weighted by molar-refractivity contribution is -0.137. The molecule has 0 unspecified atom stereocenters. The van der Waals surface area contributed by atoms with Crippen LogP contribution in [-0.4, -0.2) is 35.0 Å². The topological polar surface area (TPSA) is 86.7 Å². The van der Waals surface area contributed by atoms with E-state index in [2.05, 4.69) is 21.2 Å². The molecule has 1 heterocycles. The van der Waals surface area contributed by atoms with Crippen LogP contribution in [0.4, 0.5) is 4.79 Å². The van der Waals surface area contributed by atoms with E-state index in [0.717, 1.165) is 9.35 Å². The van der Waals surface area contributed by atoms with Crippen LogP contribution in [0.5, 0.6) is 0 Å². The second-order valence-electron chi connectivity index (χ2n) is 4.57. The average molecular weight is 377 g/mol. The molecule has 0 spiro atoms. The summed E-state index contributed by atoms with van der Waals surface area (Å²) >= 11 is 4.88. The van der Waals surface area contributed by atoms with Crippen LogP contribution in [0.1, 0.15) is 31.2 Å². The van der Waals surface area contributed by atoms with Gasteiger partial charge in [-0.1, -0.05) is 0 Å². The van der Waals surface area contributed by atoms with Gasteiger partial charge in [0.05, 0.1) is 3.79 Å². The van der Waals surface area contributed by atoms with Crippen LogP contribution in [-0.2, 0) is 16.1 Å². The van der Waals surface area contributed by atoms with Crippen molar-refractivity contribution in [3.8, 4) is 0 Å². The summed E-state index contributed by atoms with van der Waals surface area (Å²) in [6.45, 7) is 0.417. The predicted octanol–water partition coefficient (Wildman–Crippen LogP) is 2.82. The first-order valence-electron chi connectivity index (χ1n) is 6.38. The highest BCUT2D eigenvalue weighted by molar-refractivity contribution is 9.11. The van der Waals surface area contributed by atoms with E-state index < -0.39 is 12.0 Å². The molecule has 0 saturated heterocycles. The monoisotopic (exact) mass is 376 g/mol. The maximum Gasteiger partial charge on any atom is 0.324 e. The lowest BCUT2D eigenvalue weighted by Gasteiger charge is -2.16. The smallest absolute Gasteiger partial charge is 0.324 e. The molecule has 1 aromatic rings. The molecule has 0 aliphatic heterocycles. The Labute approximate surface area is 135 Å². The summed E-state index contributed by atoms with van der Waals surface area (Å²) in [6.07, 6.45) is 1.06. The Hall–Kier alpha value is -1.41. The van der Waals surface area contributed by atoms with Gasteiger partial charge in [-0.05, 0) is 45.8 Å². The zero-order valence-electron chi connectivity index (χ0n) is 11.6.